The molecule has 0 aliphatic rings. The third-order valence-corrected chi connectivity index (χ3v) is 4.77. The Morgan fingerprint density at radius 3 is 2.27 bits per heavy atom. The first kappa shape index (κ1) is 19.9. The van der Waals surface area contributed by atoms with Crippen LogP contribution in [-0.2, 0) is 10.0 Å². The van der Waals surface area contributed by atoms with E-state index in [4.69, 9.17) is 4.74 Å². The van der Waals surface area contributed by atoms with Gasteiger partial charge in [0, 0.05) is 5.56 Å². The van der Waals surface area contributed by atoms with Crippen molar-refractivity contribution in [2.75, 3.05) is 6.61 Å². The van der Waals surface area contributed by atoms with Gasteiger partial charge in [0.2, 0.25) is 0 Å². The summed E-state index contributed by atoms with van der Waals surface area (Å²) in [6.45, 7) is 4.79. The first-order valence-electron chi connectivity index (χ1n) is 8.08. The molecule has 2 N–H and O–H groups in total. The van der Waals surface area contributed by atoms with Crippen LogP contribution in [0.5, 0.6) is 5.75 Å². The third-order valence-electron chi connectivity index (χ3n) is 3.50. The quantitative estimate of drug-likeness (QED) is 0.690. The van der Waals surface area contributed by atoms with Crippen molar-refractivity contribution in [1.29, 1.82) is 0 Å². The number of sulfonamides is 1. The molecule has 1 amide bonds. The average molecular weight is 380 g/mol. The molecule has 0 saturated heterocycles. The van der Waals surface area contributed by atoms with E-state index in [1.807, 2.05) is 4.83 Å². The van der Waals surface area contributed by atoms with Gasteiger partial charge in [-0.25, -0.2) is 12.8 Å². The Hall–Kier alpha value is -2.45. The molecule has 2 aromatic rings. The largest absolute Gasteiger partial charge is 0.494 e. The summed E-state index contributed by atoms with van der Waals surface area (Å²) in [7, 11) is -3.98. The molecule has 0 unspecified atom stereocenters. The minimum atomic E-state index is -3.98. The van der Waals surface area contributed by atoms with Crippen LogP contribution >= 0.6 is 0 Å². The minimum absolute atomic E-state index is 0.159. The second kappa shape index (κ2) is 8.77. The number of rotatable bonds is 8. The highest BCUT2D eigenvalue weighted by Crippen LogP contribution is 2.14. The summed E-state index contributed by atoms with van der Waals surface area (Å²) < 4.78 is 42.5. The van der Waals surface area contributed by atoms with Gasteiger partial charge in [-0.3, -0.25) is 10.2 Å². The maximum Gasteiger partial charge on any atom is 0.266 e. The molecule has 0 bridgehead atoms. The van der Waals surface area contributed by atoms with Gasteiger partial charge in [0.05, 0.1) is 11.5 Å². The number of nitrogens with one attached hydrogen (secondary N) is 2. The number of amides is 1. The van der Waals surface area contributed by atoms with Crippen LogP contribution in [0.2, 0.25) is 0 Å². The molecule has 0 heterocycles. The van der Waals surface area contributed by atoms with Crippen LogP contribution in [0.1, 0.15) is 30.6 Å². The van der Waals surface area contributed by atoms with E-state index in [2.05, 4.69) is 19.3 Å². The van der Waals surface area contributed by atoms with Gasteiger partial charge in [0.25, 0.3) is 15.9 Å². The Morgan fingerprint density at radius 2 is 1.69 bits per heavy atom. The highest BCUT2D eigenvalue weighted by atomic mass is 32.2. The van der Waals surface area contributed by atoms with E-state index in [1.54, 1.807) is 12.1 Å². The lowest BCUT2D eigenvalue weighted by Crippen LogP contribution is -2.41. The van der Waals surface area contributed by atoms with Gasteiger partial charge >= 0.3 is 0 Å². The van der Waals surface area contributed by atoms with Crippen LogP contribution in [0, 0.1) is 11.7 Å². The molecule has 26 heavy (non-hydrogen) atoms. The predicted molar refractivity (Wildman–Crippen MR) is 95.6 cm³/mol. The van der Waals surface area contributed by atoms with Crippen molar-refractivity contribution in [2.24, 2.45) is 5.92 Å². The zero-order valence-corrected chi connectivity index (χ0v) is 15.3. The van der Waals surface area contributed by atoms with E-state index in [1.165, 1.54) is 12.1 Å². The monoisotopic (exact) mass is 380 g/mol. The molecule has 140 valence electrons. The van der Waals surface area contributed by atoms with Crippen molar-refractivity contribution in [3.05, 3.63) is 59.9 Å². The molecule has 2 aromatic carbocycles. The SMILES string of the molecule is CC(C)CCOc1ccc(C(=O)NNS(=O)(=O)c2ccc(F)cc2)cc1. The number of benzene rings is 2. The summed E-state index contributed by atoms with van der Waals surface area (Å²) in [6, 6.07) is 10.6. The Labute approximate surface area is 152 Å². The first-order chi connectivity index (χ1) is 12.3. The van der Waals surface area contributed by atoms with Gasteiger partial charge in [0.15, 0.2) is 0 Å². The lowest BCUT2D eigenvalue weighted by atomic mass is 10.1. The fraction of sp³-hybridized carbons (Fsp3) is 0.278. The van der Waals surface area contributed by atoms with Gasteiger partial charge in [0.1, 0.15) is 11.6 Å². The van der Waals surface area contributed by atoms with Gasteiger partial charge in [-0.2, -0.15) is 0 Å². The number of halogens is 1. The van der Waals surface area contributed by atoms with Crippen LogP contribution in [0.25, 0.3) is 0 Å². The second-order valence-electron chi connectivity index (χ2n) is 6.07. The zero-order valence-electron chi connectivity index (χ0n) is 14.5. The molecule has 6 nitrogen and oxygen atoms in total. The smallest absolute Gasteiger partial charge is 0.266 e. The second-order valence-corrected chi connectivity index (χ2v) is 7.75. The van der Waals surface area contributed by atoms with Gasteiger partial charge in [-0.15, -0.1) is 4.83 Å². The van der Waals surface area contributed by atoms with Gasteiger partial charge in [-0.05, 0) is 60.9 Å². The van der Waals surface area contributed by atoms with E-state index < -0.39 is 21.7 Å². The number of hydrazine groups is 1. The van der Waals surface area contributed by atoms with Crippen molar-refractivity contribution in [3.63, 3.8) is 0 Å². The van der Waals surface area contributed by atoms with Crippen molar-refractivity contribution >= 4 is 15.9 Å². The molecule has 0 radical (unpaired) electrons. The van der Waals surface area contributed by atoms with Crippen LogP contribution in [0.15, 0.2) is 53.4 Å². The summed E-state index contributed by atoms with van der Waals surface area (Å²) >= 11 is 0. The summed E-state index contributed by atoms with van der Waals surface area (Å²) in [5, 5.41) is 0. The predicted octanol–water partition coefficient (Wildman–Crippen LogP) is 2.87. The number of hydrogen-bond acceptors (Lipinski definition) is 4. The summed E-state index contributed by atoms with van der Waals surface area (Å²) in [6.07, 6.45) is 0.924. The van der Waals surface area contributed by atoms with Crippen molar-refractivity contribution in [1.82, 2.24) is 10.3 Å². The van der Waals surface area contributed by atoms with E-state index >= 15 is 0 Å². The van der Waals surface area contributed by atoms with Gasteiger partial charge in [-0.1, -0.05) is 13.8 Å². The third kappa shape index (κ3) is 5.82. The Morgan fingerprint density at radius 1 is 1.08 bits per heavy atom. The van der Waals surface area contributed by atoms with Crippen molar-refractivity contribution in [2.45, 2.75) is 25.2 Å². The molecular weight excluding hydrogens is 359 g/mol. The van der Waals surface area contributed by atoms with E-state index in [-0.39, 0.29) is 10.5 Å². The summed E-state index contributed by atoms with van der Waals surface area (Å²) in [5.74, 6) is -0.00335. The maximum absolute atomic E-state index is 12.9. The topological polar surface area (TPSA) is 84.5 Å². The lowest BCUT2D eigenvalue weighted by Gasteiger charge is -2.10. The molecule has 0 saturated carbocycles. The fourth-order valence-corrected chi connectivity index (χ4v) is 2.81. The van der Waals surface area contributed by atoms with Crippen LogP contribution in [-0.4, -0.2) is 20.9 Å². The molecule has 0 atom stereocenters. The van der Waals surface area contributed by atoms with Crippen LogP contribution < -0.4 is 15.0 Å². The summed E-state index contributed by atoms with van der Waals surface area (Å²) in [5.41, 5.74) is 2.39. The van der Waals surface area contributed by atoms with Crippen molar-refractivity contribution in [3.8, 4) is 5.75 Å². The number of hydrogen-bond donors (Lipinski definition) is 2. The Kier molecular flexibility index (Phi) is 6.70. The van der Waals surface area contributed by atoms with E-state index in [0.29, 0.717) is 18.3 Å². The molecule has 0 aromatic heterocycles. The molecule has 8 heteroatoms. The molecule has 2 rings (SSSR count). The van der Waals surface area contributed by atoms with Crippen LogP contribution in [0.4, 0.5) is 4.39 Å². The standard InChI is InChI=1S/C18H21FN2O4S/c1-13(2)11-12-25-16-7-3-14(4-8-16)18(22)20-21-26(23,24)17-9-5-15(19)6-10-17/h3-10,13,21H,11-12H2,1-2H3,(H,20,22). The Balaban J connectivity index is 1.92. The molecular formula is C18H21FN2O4S. The maximum atomic E-state index is 12.9. The molecule has 0 spiro atoms. The average Bonchev–Trinajstić information content (AvgIpc) is 2.60. The zero-order chi connectivity index (χ0) is 19.2. The highest BCUT2D eigenvalue weighted by Gasteiger charge is 2.15. The molecule has 0 fully saturated rings. The number of carbonyl (C=O) groups excluding carboxylic acids is 1. The van der Waals surface area contributed by atoms with E-state index in [9.17, 15) is 17.6 Å². The fourth-order valence-electron chi connectivity index (χ4n) is 1.97. The molecule has 0 aliphatic heterocycles. The normalized spacial score (nSPS) is 11.4. The van der Waals surface area contributed by atoms with Crippen LogP contribution in [0.3, 0.4) is 0 Å². The minimum Gasteiger partial charge on any atom is -0.494 e. The van der Waals surface area contributed by atoms with Crippen molar-refractivity contribution < 1.29 is 22.3 Å². The summed E-state index contributed by atoms with van der Waals surface area (Å²) in [4.78, 5) is 13.9. The lowest BCUT2D eigenvalue weighted by molar-refractivity contribution is 0.0945. The number of ether oxygens (including phenoxy) is 1. The van der Waals surface area contributed by atoms with Gasteiger partial charge < -0.3 is 4.74 Å². The number of carbonyl (C=O) groups is 1. The van der Waals surface area contributed by atoms with E-state index in [0.717, 1.165) is 30.7 Å². The first-order valence-corrected chi connectivity index (χ1v) is 9.57. The Bertz CT molecular complexity index is 834. The molecule has 0 aliphatic carbocycles. The highest BCUT2D eigenvalue weighted by molar-refractivity contribution is 7.89.